The summed E-state index contributed by atoms with van der Waals surface area (Å²) in [4.78, 5) is 9.62. The molecule has 0 atom stereocenters. The Balaban J connectivity index is 0.000000171. The minimum absolute atomic E-state index is 0. The van der Waals surface area contributed by atoms with E-state index in [2.05, 4.69) is 237 Å². The summed E-state index contributed by atoms with van der Waals surface area (Å²) in [5.74, 6) is 0. The Morgan fingerprint density at radius 2 is 0.562 bits per heavy atom. The van der Waals surface area contributed by atoms with Gasteiger partial charge in [0.1, 0.15) is 0 Å². The maximum absolute atomic E-state index is 6.19. The second kappa shape index (κ2) is 36.3. The number of hydrogen-bond acceptors (Lipinski definition) is 7. The number of hydrogen-bond donors (Lipinski definition) is 0. The van der Waals surface area contributed by atoms with E-state index in [-0.39, 0.29) is 25.7 Å². The zero-order valence-electron chi connectivity index (χ0n) is 59.6. The normalized spacial score (nSPS) is 14.1. The zero-order chi connectivity index (χ0) is 68.9. The Bertz CT molecular complexity index is 3610. The molecule has 2 aliphatic heterocycles. The van der Waals surface area contributed by atoms with Gasteiger partial charge in [0.15, 0.2) is 0 Å². The summed E-state index contributed by atoms with van der Waals surface area (Å²) in [5.41, 5.74) is 31.4. The van der Waals surface area contributed by atoms with Crippen LogP contribution in [0.5, 0.6) is 0 Å². The van der Waals surface area contributed by atoms with E-state index in [1.807, 2.05) is 90.1 Å². The second-order valence-corrected chi connectivity index (χ2v) is 38.4. The quantitative estimate of drug-likeness (QED) is 0.0686. The summed E-state index contributed by atoms with van der Waals surface area (Å²) >= 11 is -3.76. The van der Waals surface area contributed by atoms with E-state index in [1.165, 1.54) is 134 Å². The van der Waals surface area contributed by atoms with Gasteiger partial charge in [-0.25, -0.2) is 0 Å². The van der Waals surface area contributed by atoms with Gasteiger partial charge in [-0.3, -0.25) is 0 Å². The van der Waals surface area contributed by atoms with Crippen molar-refractivity contribution in [3.05, 3.63) is 291 Å². The van der Waals surface area contributed by atoms with Crippen LogP contribution in [-0.2, 0) is 40.6 Å². The van der Waals surface area contributed by atoms with Crippen LogP contribution in [0.2, 0.25) is 0 Å². The van der Waals surface area contributed by atoms with Crippen LogP contribution in [0.1, 0.15) is 142 Å². The average Bonchev–Trinajstić information content (AvgIpc) is 1.64. The number of benzene rings is 8. The molecule has 0 N–H and O–H groups in total. The summed E-state index contributed by atoms with van der Waals surface area (Å²) in [6, 6.07) is 55.6. The first-order valence-corrected chi connectivity index (χ1v) is 44.3. The summed E-state index contributed by atoms with van der Waals surface area (Å²) in [6.45, 7) is 47.0. The fraction of sp³-hybridized carbons (Fsp3) is 0.305. The number of aryl methyl sites for hydroxylation is 12. The van der Waals surface area contributed by atoms with Crippen LogP contribution in [0, 0.1) is 104 Å². The molecule has 8 aromatic carbocycles. The first kappa shape index (κ1) is 78.2. The summed E-state index contributed by atoms with van der Waals surface area (Å²) in [7, 11) is 23.6. The molecule has 0 bridgehead atoms. The molecule has 4 aliphatic rings. The van der Waals surface area contributed by atoms with Gasteiger partial charge in [0.25, 0.3) is 0 Å². The molecule has 12 rings (SSSR count). The van der Waals surface area contributed by atoms with Gasteiger partial charge >= 0.3 is 248 Å². The molecule has 0 amide bonds. The molecule has 2 heterocycles. The third-order valence-corrected chi connectivity index (χ3v) is 24.3. The Hall–Kier alpha value is -5.10. The van der Waals surface area contributed by atoms with Crippen LogP contribution in [0.25, 0.3) is 11.1 Å². The van der Waals surface area contributed by atoms with E-state index in [0.29, 0.717) is 0 Å². The zero-order valence-corrected chi connectivity index (χ0v) is 67.0. The Labute approximate surface area is 604 Å². The van der Waals surface area contributed by atoms with E-state index in [1.54, 1.807) is 0 Å². The first-order valence-electron chi connectivity index (χ1n) is 32.5. The molecular formula is C82H98Cl4N4O3PRu2-3. The van der Waals surface area contributed by atoms with Gasteiger partial charge in [0.05, 0.1) is 18.3 Å². The van der Waals surface area contributed by atoms with Gasteiger partial charge in [-0.1, -0.05) is 70.8 Å². The molecule has 2 saturated heterocycles. The van der Waals surface area contributed by atoms with Gasteiger partial charge in [0.2, 0.25) is 0 Å². The van der Waals surface area contributed by atoms with Crippen LogP contribution in [0.4, 0.5) is 22.7 Å². The van der Waals surface area contributed by atoms with Crippen LogP contribution in [0.15, 0.2) is 170 Å². The first-order chi connectivity index (χ1) is 45.2. The minimum atomic E-state index is -1.88. The van der Waals surface area contributed by atoms with Crippen molar-refractivity contribution < 1.29 is 40.6 Å². The summed E-state index contributed by atoms with van der Waals surface area (Å²) < 4.78 is 18.7. The molecule has 0 unspecified atom stereocenters. The monoisotopic (exact) mass is 1560 g/mol. The van der Waals surface area contributed by atoms with Gasteiger partial charge < -0.3 is 40.6 Å². The van der Waals surface area contributed by atoms with Crippen molar-refractivity contribution in [1.82, 2.24) is 0 Å². The van der Waals surface area contributed by atoms with Crippen LogP contribution in [-0.4, -0.2) is 52.7 Å². The third-order valence-electron chi connectivity index (χ3n) is 16.2. The molecule has 96 heavy (non-hydrogen) atoms. The fourth-order valence-corrected chi connectivity index (χ4v) is 19.2. The van der Waals surface area contributed by atoms with E-state index >= 15 is 0 Å². The van der Waals surface area contributed by atoms with Gasteiger partial charge in [-0.05, 0) is 169 Å². The van der Waals surface area contributed by atoms with Crippen LogP contribution in [0.3, 0.4) is 0 Å². The summed E-state index contributed by atoms with van der Waals surface area (Å²) in [5, 5.41) is 0. The predicted octanol–water partition coefficient (Wildman–Crippen LogP) is 23.1. The molecular weight excluding hydrogens is 1460 g/mol. The SMILES string of the molecule is CC(C)OP(OC(C)C)OC(C)C.Cc1cc(C)c(N2[CH-]N(c3c(C)cc(C)cc3C)CC2)c(C)c1.Cc1cc(C)c(N2[CH-]N(c3c(C)cc(C)cc3C)CC2)c(C)c1.[CH3-].[Cl][Ru]([Cl])=[C]1C=C(c2ccccc2)c2ccccc21.[Cl][Ru]([Cl])=[C]1C=C(c2ccccc2)c2ccccc21. The number of allylic oxidation sites excluding steroid dienone is 2. The van der Waals surface area contributed by atoms with E-state index < -0.39 is 35.6 Å². The predicted molar refractivity (Wildman–Crippen MR) is 414 cm³/mol. The van der Waals surface area contributed by atoms with Crippen molar-refractivity contribution in [1.29, 1.82) is 0 Å². The molecule has 0 saturated carbocycles. The van der Waals surface area contributed by atoms with Crippen molar-refractivity contribution in [2.45, 2.75) is 143 Å². The number of anilines is 4. The number of halogens is 4. The van der Waals surface area contributed by atoms with Crippen molar-refractivity contribution in [3.8, 4) is 0 Å². The Morgan fingerprint density at radius 3 is 0.781 bits per heavy atom. The molecule has 7 nitrogen and oxygen atoms in total. The average molecular weight is 1560 g/mol. The van der Waals surface area contributed by atoms with Crippen LogP contribution >= 0.6 is 47.4 Å². The van der Waals surface area contributed by atoms with Crippen LogP contribution < -0.4 is 19.6 Å². The molecule has 0 spiro atoms. The Kier molecular flexibility index (Phi) is 29.6. The topological polar surface area (TPSA) is 40.7 Å². The van der Waals surface area contributed by atoms with Gasteiger partial charge in [-0.2, -0.15) is 13.3 Å². The third kappa shape index (κ3) is 20.5. The van der Waals surface area contributed by atoms with E-state index in [9.17, 15) is 0 Å². The molecule has 0 radical (unpaired) electrons. The van der Waals surface area contributed by atoms with Crippen molar-refractivity contribution >= 4 is 89.5 Å². The number of nitrogens with zero attached hydrogens (tertiary/aromatic N) is 4. The number of rotatable bonds is 12. The molecule has 14 heteroatoms. The maximum atomic E-state index is 6.19. The van der Waals surface area contributed by atoms with E-state index in [0.717, 1.165) is 34.4 Å². The molecule has 2 fully saturated rings. The van der Waals surface area contributed by atoms with Crippen molar-refractivity contribution in [2.24, 2.45) is 0 Å². The molecule has 8 aromatic rings. The Morgan fingerprint density at radius 1 is 0.344 bits per heavy atom. The molecule has 2 aliphatic carbocycles. The van der Waals surface area contributed by atoms with Crippen molar-refractivity contribution in [2.75, 3.05) is 45.8 Å². The number of fused-ring (bicyclic) bond motifs is 2. The van der Waals surface area contributed by atoms with Gasteiger partial charge in [-0.15, -0.1) is 0 Å². The van der Waals surface area contributed by atoms with E-state index in [4.69, 9.17) is 52.3 Å². The van der Waals surface area contributed by atoms with Crippen molar-refractivity contribution in [3.63, 3.8) is 0 Å². The molecule has 516 valence electrons. The summed E-state index contributed by atoms with van der Waals surface area (Å²) in [6.07, 6.45) is 4.73. The second-order valence-electron chi connectivity index (χ2n) is 25.7. The van der Waals surface area contributed by atoms with Gasteiger partial charge in [0, 0.05) is 48.9 Å². The fourth-order valence-electron chi connectivity index (χ4n) is 13.1. The molecule has 0 aromatic heterocycles. The standard InChI is InChI=1S/2C21H27N2.2C15H10.C9H21O3P.CH3.4ClH.2Ru/c2*1-14-9-16(3)20(17(4)10-14)22-7-8-23(13-22)21-18(5)11-15(2)12-19(21)6;2*1-2-6-12(7-3-1)15-11-10-13-8-4-5-9-14(13)15;1-7(2)10-13(11-8(3)4)12-9(5)6;;;;;;;/h2*9-13H,7-8H2,1-6H3;2*1-9,11H;7-9H,1-6H3;1H3;4*1H;;/q2*-1;;;;-1;;;;;2*+2/p-4.